The van der Waals surface area contributed by atoms with E-state index >= 15 is 0 Å². The van der Waals surface area contributed by atoms with Crippen molar-refractivity contribution in [1.82, 2.24) is 0 Å². The largest absolute Gasteiger partial charge is 0.416 e. The van der Waals surface area contributed by atoms with Crippen molar-refractivity contribution >= 4 is 34.2 Å². The first kappa shape index (κ1) is 33.0. The summed E-state index contributed by atoms with van der Waals surface area (Å²) in [6.45, 7) is 18.0. The summed E-state index contributed by atoms with van der Waals surface area (Å²) in [5.74, 6) is 0. The van der Waals surface area contributed by atoms with Gasteiger partial charge in [-0.3, -0.25) is 0 Å². The van der Waals surface area contributed by atoms with Crippen LogP contribution in [-0.2, 0) is 16.5 Å². The zero-order valence-corrected chi connectivity index (χ0v) is 31.5. The van der Waals surface area contributed by atoms with Gasteiger partial charge in [0.2, 0.25) is 0 Å². The number of benzene rings is 4. The van der Waals surface area contributed by atoms with Crippen molar-refractivity contribution in [3.8, 4) is 0 Å². The molecule has 0 bridgehead atoms. The first-order chi connectivity index (χ1) is 20.9. The molecule has 4 aromatic carbocycles. The van der Waals surface area contributed by atoms with E-state index in [0.29, 0.717) is 0 Å². The lowest BCUT2D eigenvalue weighted by Crippen LogP contribution is -2.73. The van der Waals surface area contributed by atoms with E-state index in [-0.39, 0.29) is 22.2 Å². The fourth-order valence-corrected chi connectivity index (χ4v) is 31.9. The molecule has 1 saturated heterocycles. The summed E-state index contributed by atoms with van der Waals surface area (Å²) in [6.07, 6.45) is 0. The Morgan fingerprint density at radius 2 is 0.568 bits per heavy atom. The molecule has 1 fully saturated rings. The van der Waals surface area contributed by atoms with Crippen LogP contribution in [0.4, 0.5) is 0 Å². The van der Waals surface area contributed by atoms with Gasteiger partial charge >= 0.3 is 34.2 Å². The second-order valence-corrected chi connectivity index (χ2v) is 28.4. The minimum Gasteiger partial charge on any atom is -0.416 e. The fourth-order valence-electron chi connectivity index (χ4n) is 7.05. The van der Waals surface area contributed by atoms with Crippen molar-refractivity contribution in [3.63, 3.8) is 0 Å². The number of rotatable bonds is 8. The molecule has 8 heteroatoms. The second-order valence-electron chi connectivity index (χ2n) is 13.2. The van der Waals surface area contributed by atoms with Crippen LogP contribution >= 0.6 is 0 Å². The van der Waals surface area contributed by atoms with E-state index < -0.39 is 34.2 Å². The molecule has 0 spiro atoms. The highest BCUT2D eigenvalue weighted by Crippen LogP contribution is 2.51. The molecule has 44 heavy (non-hydrogen) atoms. The molecule has 0 N–H and O–H groups in total. The molecule has 0 saturated carbocycles. The molecule has 1 heterocycles. The van der Waals surface area contributed by atoms with Gasteiger partial charge in [0.15, 0.2) is 0 Å². The minimum atomic E-state index is -3.28. The van der Waals surface area contributed by atoms with Gasteiger partial charge in [0.1, 0.15) is 0 Å². The van der Waals surface area contributed by atoms with Gasteiger partial charge < -0.3 is 16.5 Å². The van der Waals surface area contributed by atoms with Crippen LogP contribution in [0.15, 0.2) is 121 Å². The van der Waals surface area contributed by atoms with Crippen LogP contribution in [0.1, 0.15) is 72.1 Å². The van der Waals surface area contributed by atoms with Gasteiger partial charge in [-0.15, -0.1) is 0 Å². The zero-order valence-electron chi connectivity index (χ0n) is 27.5. The van der Waals surface area contributed by atoms with Crippen molar-refractivity contribution in [2.75, 3.05) is 0 Å². The first-order valence-electron chi connectivity index (χ1n) is 15.9. The Bertz CT molecular complexity index is 1280. The zero-order chi connectivity index (χ0) is 31.6. The maximum atomic E-state index is 8.23. The fraction of sp³-hybridized carbons (Fsp3) is 0.333. The maximum Gasteiger partial charge on any atom is 0.335 e. The van der Waals surface area contributed by atoms with Crippen LogP contribution in [0.25, 0.3) is 0 Å². The van der Waals surface area contributed by atoms with Crippen LogP contribution in [0.5, 0.6) is 0 Å². The lowest BCUT2D eigenvalue weighted by Gasteiger charge is -2.56. The van der Waals surface area contributed by atoms with Crippen LogP contribution in [0, 0.1) is 0 Å². The van der Waals surface area contributed by atoms with E-state index in [9.17, 15) is 0 Å². The standard InChI is InChI=1S/C36H48O4Si4/c1-29(33-21-13-9-14-22-33)43(30(2)34-23-15-10-16-24-34)38-41(5,6)37-42(7,8)39-44(40-43,31(3)35-25-17-11-18-26-35)32(4)36-27-19-12-20-28-36/h9-32H,1-8H3. The van der Waals surface area contributed by atoms with E-state index in [1.54, 1.807) is 0 Å². The summed E-state index contributed by atoms with van der Waals surface area (Å²) in [5, 5.41) is 0. The highest BCUT2D eigenvalue weighted by Gasteiger charge is 2.65. The van der Waals surface area contributed by atoms with Crippen molar-refractivity contribution in [3.05, 3.63) is 144 Å². The van der Waals surface area contributed by atoms with E-state index in [1.807, 2.05) is 0 Å². The Morgan fingerprint density at radius 1 is 0.341 bits per heavy atom. The average molecular weight is 657 g/mol. The predicted molar refractivity (Wildman–Crippen MR) is 190 cm³/mol. The Labute approximate surface area is 269 Å². The monoisotopic (exact) mass is 656 g/mol. The molecule has 0 aliphatic carbocycles. The third-order valence-corrected chi connectivity index (χ3v) is 28.4. The highest BCUT2D eigenvalue weighted by molar-refractivity contribution is 6.95. The first-order valence-corrected chi connectivity index (χ1v) is 25.5. The Hall–Kier alpha value is -2.41. The third kappa shape index (κ3) is 6.73. The predicted octanol–water partition coefficient (Wildman–Crippen LogP) is 9.73. The lowest BCUT2D eigenvalue weighted by molar-refractivity contribution is 0.201. The molecule has 4 unspecified atom stereocenters. The molecule has 1 aliphatic heterocycles. The van der Waals surface area contributed by atoms with Crippen molar-refractivity contribution in [2.24, 2.45) is 0 Å². The molecule has 0 radical (unpaired) electrons. The van der Waals surface area contributed by atoms with Crippen LogP contribution in [0.2, 0.25) is 26.2 Å². The minimum absolute atomic E-state index is 0.0126. The van der Waals surface area contributed by atoms with E-state index in [0.717, 1.165) is 0 Å². The normalized spacial score (nSPS) is 26.0. The van der Waals surface area contributed by atoms with E-state index in [4.69, 9.17) is 16.5 Å². The summed E-state index contributed by atoms with van der Waals surface area (Å²) in [7, 11) is -12.0. The Balaban J connectivity index is 1.83. The molecular formula is C36H48O4Si4. The number of hydrogen-bond donors (Lipinski definition) is 0. The highest BCUT2D eigenvalue weighted by atomic mass is 28.5. The quantitative estimate of drug-likeness (QED) is 0.177. The SMILES string of the molecule is CC(c1ccccc1)[Si]1(C(C)c2ccccc2)O[Si](C)(C)O[Si](C)(C)O[Si](C(C)c2ccccc2)(C(C)c2ccccc2)O1. The Morgan fingerprint density at radius 3 is 0.795 bits per heavy atom. The molecule has 5 rings (SSSR count). The second kappa shape index (κ2) is 13.1. The van der Waals surface area contributed by atoms with Gasteiger partial charge in [-0.2, -0.15) is 0 Å². The lowest BCUT2D eigenvalue weighted by atomic mass is 10.1. The summed E-state index contributed by atoms with van der Waals surface area (Å²) in [4.78, 5) is 0. The van der Waals surface area contributed by atoms with Crippen molar-refractivity contribution < 1.29 is 16.5 Å². The van der Waals surface area contributed by atoms with Gasteiger partial charge in [-0.05, 0) is 48.4 Å². The molecule has 4 aromatic rings. The average Bonchev–Trinajstić information content (AvgIpc) is 3.03. The van der Waals surface area contributed by atoms with Crippen LogP contribution < -0.4 is 0 Å². The van der Waals surface area contributed by atoms with E-state index in [1.165, 1.54) is 22.3 Å². The van der Waals surface area contributed by atoms with Crippen molar-refractivity contribution in [2.45, 2.75) is 76.0 Å². The van der Waals surface area contributed by atoms with Crippen LogP contribution in [-0.4, -0.2) is 34.2 Å². The molecule has 1 aliphatic rings. The van der Waals surface area contributed by atoms with Gasteiger partial charge in [0.05, 0.1) is 0 Å². The molecule has 0 amide bonds. The molecule has 4 nitrogen and oxygen atoms in total. The summed E-state index contributed by atoms with van der Waals surface area (Å²) >= 11 is 0. The third-order valence-electron chi connectivity index (χ3n) is 9.23. The van der Waals surface area contributed by atoms with Gasteiger partial charge in [0, 0.05) is 22.2 Å². The molecule has 0 aromatic heterocycles. The molecule has 4 atom stereocenters. The topological polar surface area (TPSA) is 36.9 Å². The molecule has 232 valence electrons. The van der Waals surface area contributed by atoms with Gasteiger partial charge in [0.25, 0.3) is 0 Å². The number of hydrogen-bond acceptors (Lipinski definition) is 4. The Kier molecular flexibility index (Phi) is 9.84. The van der Waals surface area contributed by atoms with Crippen molar-refractivity contribution in [1.29, 1.82) is 0 Å². The van der Waals surface area contributed by atoms with Crippen LogP contribution in [0.3, 0.4) is 0 Å². The van der Waals surface area contributed by atoms with Gasteiger partial charge in [-0.1, -0.05) is 149 Å². The summed E-state index contributed by atoms with van der Waals surface area (Å²) in [5.41, 5.74) is 4.96. The van der Waals surface area contributed by atoms with E-state index in [2.05, 4.69) is 175 Å². The maximum absolute atomic E-state index is 8.23. The smallest absolute Gasteiger partial charge is 0.335 e. The summed E-state index contributed by atoms with van der Waals surface area (Å²) < 4.78 is 30.7. The molecular weight excluding hydrogens is 609 g/mol. The summed E-state index contributed by atoms with van der Waals surface area (Å²) in [6, 6.07) is 43.1. The van der Waals surface area contributed by atoms with Gasteiger partial charge in [-0.25, -0.2) is 0 Å².